The minimum Gasteiger partial charge on any atom is -0.497 e. The van der Waals surface area contributed by atoms with E-state index < -0.39 is 10.0 Å². The molecule has 0 atom stereocenters. The first-order chi connectivity index (χ1) is 17.2. The molecule has 36 heavy (non-hydrogen) atoms. The molecule has 0 bridgehead atoms. The molecule has 0 radical (unpaired) electrons. The number of methoxy groups -OCH3 is 1. The molecule has 2 aromatic heterocycles. The van der Waals surface area contributed by atoms with Crippen LogP contribution in [0.2, 0.25) is 0 Å². The lowest BCUT2D eigenvalue weighted by molar-refractivity contribution is 0.414. The number of hydrogen-bond acceptors (Lipinski definition) is 4. The van der Waals surface area contributed by atoms with Gasteiger partial charge < -0.3 is 9.30 Å². The van der Waals surface area contributed by atoms with Crippen LogP contribution >= 0.6 is 0 Å². The summed E-state index contributed by atoms with van der Waals surface area (Å²) in [7, 11) is -0.153. The number of sulfonamides is 1. The Bertz CT molecular complexity index is 1590. The minimum atomic E-state index is -3.61. The molecule has 0 fully saturated rings. The molecule has 5 rings (SSSR count). The van der Waals surface area contributed by atoms with E-state index in [0.29, 0.717) is 35.8 Å². The van der Waals surface area contributed by atoms with Crippen molar-refractivity contribution in [2.75, 3.05) is 20.2 Å². The van der Waals surface area contributed by atoms with Gasteiger partial charge in [-0.1, -0.05) is 36.4 Å². The average molecular weight is 505 g/mol. The Balaban J connectivity index is 1.50. The summed E-state index contributed by atoms with van der Waals surface area (Å²) in [5, 5.41) is 5.51. The van der Waals surface area contributed by atoms with Crippen LogP contribution < -0.4 is 4.74 Å². The van der Waals surface area contributed by atoms with E-state index in [0.717, 1.165) is 12.3 Å². The van der Waals surface area contributed by atoms with Crippen LogP contribution in [0, 0.1) is 20.8 Å². The molecule has 0 saturated heterocycles. The lowest BCUT2D eigenvalue weighted by Gasteiger charge is -2.26. The van der Waals surface area contributed by atoms with Gasteiger partial charge in [0.05, 0.1) is 18.5 Å². The number of nitrogens with zero attached hydrogens (tertiary/aromatic N) is 4. The molecule has 2 aromatic carbocycles. The van der Waals surface area contributed by atoms with Crippen molar-refractivity contribution in [3.8, 4) is 5.75 Å². The Hall–Kier alpha value is -3.36. The monoisotopic (exact) mass is 504 g/mol. The molecule has 8 heteroatoms. The van der Waals surface area contributed by atoms with E-state index in [9.17, 15) is 8.42 Å². The van der Waals surface area contributed by atoms with E-state index in [2.05, 4.69) is 59.1 Å². The average Bonchev–Trinajstić information content (AvgIpc) is 3.30. The Labute approximate surface area is 212 Å². The van der Waals surface area contributed by atoms with Gasteiger partial charge in [-0.25, -0.2) is 8.42 Å². The van der Waals surface area contributed by atoms with Crippen LogP contribution in [-0.2, 0) is 23.6 Å². The van der Waals surface area contributed by atoms with Gasteiger partial charge in [0.25, 0.3) is 0 Å². The number of aryl methyl sites for hydroxylation is 2. The molecule has 0 aliphatic carbocycles. The Morgan fingerprint density at radius 1 is 1.03 bits per heavy atom. The molecule has 1 aliphatic rings. The standard InChI is InChI=1S/C28H32N4O3S/c1-19-28(21(3)30(4)29-19)36(33,34)31-15-13-23(14-16-31)27-20(2)32(26-12-7-6-11-25(26)27)18-22-9-8-10-24(17-22)35-5/h6-13,17H,14-16,18H2,1-5H3. The van der Waals surface area contributed by atoms with Gasteiger partial charge in [0.2, 0.25) is 10.0 Å². The van der Waals surface area contributed by atoms with E-state index >= 15 is 0 Å². The third-order valence-corrected chi connectivity index (χ3v) is 9.36. The van der Waals surface area contributed by atoms with Crippen molar-refractivity contribution in [3.05, 3.63) is 82.8 Å². The predicted octanol–water partition coefficient (Wildman–Crippen LogP) is 4.83. The van der Waals surface area contributed by atoms with Crippen molar-refractivity contribution in [2.45, 2.75) is 38.6 Å². The molecular weight excluding hydrogens is 472 g/mol. The van der Waals surface area contributed by atoms with Crippen molar-refractivity contribution >= 4 is 26.5 Å². The number of hydrogen-bond donors (Lipinski definition) is 0. The molecular formula is C28H32N4O3S. The second kappa shape index (κ2) is 9.26. The van der Waals surface area contributed by atoms with E-state index in [4.69, 9.17) is 4.74 Å². The Morgan fingerprint density at radius 2 is 1.81 bits per heavy atom. The maximum Gasteiger partial charge on any atom is 0.247 e. The summed E-state index contributed by atoms with van der Waals surface area (Å²) in [4.78, 5) is 0.327. The van der Waals surface area contributed by atoms with E-state index in [1.807, 2.05) is 12.1 Å². The van der Waals surface area contributed by atoms with Crippen LogP contribution in [0.5, 0.6) is 5.75 Å². The zero-order valence-electron chi connectivity index (χ0n) is 21.4. The van der Waals surface area contributed by atoms with Crippen molar-refractivity contribution in [1.29, 1.82) is 0 Å². The first-order valence-corrected chi connectivity index (χ1v) is 13.6. The van der Waals surface area contributed by atoms with Crippen LogP contribution in [-0.4, -0.2) is 47.3 Å². The fourth-order valence-electron chi connectivity index (χ4n) is 5.35. The Morgan fingerprint density at radius 3 is 2.47 bits per heavy atom. The zero-order valence-corrected chi connectivity index (χ0v) is 22.3. The van der Waals surface area contributed by atoms with Crippen molar-refractivity contribution in [3.63, 3.8) is 0 Å². The Kier molecular flexibility index (Phi) is 6.26. The van der Waals surface area contributed by atoms with Gasteiger partial charge in [0.1, 0.15) is 10.6 Å². The largest absolute Gasteiger partial charge is 0.497 e. The number of fused-ring (bicyclic) bond motifs is 1. The highest BCUT2D eigenvalue weighted by atomic mass is 32.2. The fourth-order valence-corrected chi connectivity index (χ4v) is 7.13. The normalized spacial score (nSPS) is 14.9. The summed E-state index contributed by atoms with van der Waals surface area (Å²) in [5.74, 6) is 0.845. The number of aromatic nitrogens is 3. The third kappa shape index (κ3) is 4.04. The second-order valence-corrected chi connectivity index (χ2v) is 11.3. The first-order valence-electron chi connectivity index (χ1n) is 12.1. The van der Waals surface area contributed by atoms with Gasteiger partial charge in [-0.2, -0.15) is 9.40 Å². The molecule has 0 N–H and O–H groups in total. The lowest BCUT2D eigenvalue weighted by Crippen LogP contribution is -2.35. The van der Waals surface area contributed by atoms with Gasteiger partial charge in [0, 0.05) is 48.8 Å². The number of benzene rings is 2. The van der Waals surface area contributed by atoms with Crippen LogP contribution in [0.1, 0.15) is 34.6 Å². The van der Waals surface area contributed by atoms with E-state index in [-0.39, 0.29) is 0 Å². The molecule has 188 valence electrons. The van der Waals surface area contributed by atoms with Crippen LogP contribution in [0.15, 0.2) is 59.5 Å². The summed E-state index contributed by atoms with van der Waals surface area (Å²) in [6.07, 6.45) is 2.73. The molecule has 0 spiro atoms. The molecule has 7 nitrogen and oxygen atoms in total. The van der Waals surface area contributed by atoms with Crippen molar-refractivity contribution < 1.29 is 13.2 Å². The van der Waals surface area contributed by atoms with Gasteiger partial charge in [-0.3, -0.25) is 4.68 Å². The van der Waals surface area contributed by atoms with Gasteiger partial charge >= 0.3 is 0 Å². The minimum absolute atomic E-state index is 0.327. The summed E-state index contributed by atoms with van der Waals surface area (Å²) in [6, 6.07) is 16.6. The maximum absolute atomic E-state index is 13.5. The van der Waals surface area contributed by atoms with Gasteiger partial charge in [-0.15, -0.1) is 0 Å². The molecule has 3 heterocycles. The zero-order chi connectivity index (χ0) is 25.6. The van der Waals surface area contributed by atoms with E-state index in [1.165, 1.54) is 33.3 Å². The molecule has 4 aromatic rings. The van der Waals surface area contributed by atoms with Gasteiger partial charge in [0.15, 0.2) is 0 Å². The summed E-state index contributed by atoms with van der Waals surface area (Å²) >= 11 is 0. The smallest absolute Gasteiger partial charge is 0.247 e. The third-order valence-electron chi connectivity index (χ3n) is 7.24. The molecule has 0 unspecified atom stereocenters. The highest BCUT2D eigenvalue weighted by molar-refractivity contribution is 7.89. The first kappa shape index (κ1) is 24.3. The van der Waals surface area contributed by atoms with Crippen LogP contribution in [0.25, 0.3) is 16.5 Å². The fraction of sp³-hybridized carbons (Fsp3) is 0.321. The SMILES string of the molecule is COc1cccc(Cn2c(C)c(C3=CCN(S(=O)(=O)c4c(C)nn(C)c4C)CC3)c3ccccc32)c1. The maximum atomic E-state index is 13.5. The molecule has 0 amide bonds. The summed E-state index contributed by atoms with van der Waals surface area (Å²) in [5.41, 5.74) is 7.13. The van der Waals surface area contributed by atoms with Gasteiger partial charge in [-0.05, 0) is 56.5 Å². The number of ether oxygens (including phenoxy) is 1. The predicted molar refractivity (Wildman–Crippen MR) is 143 cm³/mol. The highest BCUT2D eigenvalue weighted by Crippen LogP contribution is 2.36. The summed E-state index contributed by atoms with van der Waals surface area (Å²) < 4.78 is 37.9. The second-order valence-electron chi connectivity index (χ2n) is 9.38. The lowest BCUT2D eigenvalue weighted by atomic mass is 9.97. The quantitative estimate of drug-likeness (QED) is 0.377. The number of rotatable bonds is 6. The number of para-hydroxylation sites is 1. The van der Waals surface area contributed by atoms with Crippen LogP contribution in [0.3, 0.4) is 0 Å². The van der Waals surface area contributed by atoms with E-state index in [1.54, 1.807) is 37.0 Å². The van der Waals surface area contributed by atoms with Crippen LogP contribution in [0.4, 0.5) is 0 Å². The summed E-state index contributed by atoms with van der Waals surface area (Å²) in [6.45, 7) is 7.24. The molecule has 0 saturated carbocycles. The van der Waals surface area contributed by atoms with Crippen molar-refractivity contribution in [1.82, 2.24) is 18.7 Å². The molecule has 1 aliphatic heterocycles. The van der Waals surface area contributed by atoms with Crippen molar-refractivity contribution in [2.24, 2.45) is 7.05 Å². The highest BCUT2D eigenvalue weighted by Gasteiger charge is 2.32. The topological polar surface area (TPSA) is 69.4 Å².